The first-order valence-electron chi connectivity index (χ1n) is 10.9. The first-order chi connectivity index (χ1) is 12.3. The number of nitrogens with one attached hydrogen (secondary N) is 1. The number of Topliss-reactive ketones (excluding diaryl/α,β-unsaturated/α-hetero) is 1. The van der Waals surface area contributed by atoms with Crippen molar-refractivity contribution in [1.29, 1.82) is 0 Å². The smallest absolute Gasteiger partial charge is 0.223 e. The quantitative estimate of drug-likeness (QED) is 0.703. The Kier molecular flexibility index (Phi) is 8.12. The van der Waals surface area contributed by atoms with Crippen molar-refractivity contribution in [3.05, 3.63) is 0 Å². The van der Waals surface area contributed by atoms with Crippen molar-refractivity contribution in [3.63, 3.8) is 0 Å². The van der Waals surface area contributed by atoms with Gasteiger partial charge in [-0.2, -0.15) is 0 Å². The van der Waals surface area contributed by atoms with Gasteiger partial charge >= 0.3 is 0 Å². The lowest BCUT2D eigenvalue weighted by Crippen LogP contribution is -2.44. The summed E-state index contributed by atoms with van der Waals surface area (Å²) in [5.41, 5.74) is 0.484. The summed E-state index contributed by atoms with van der Waals surface area (Å²) in [6, 6.07) is 0.296. The van der Waals surface area contributed by atoms with Crippen molar-refractivity contribution in [1.82, 2.24) is 10.2 Å². The third kappa shape index (κ3) is 6.07. The second-order valence-corrected chi connectivity index (χ2v) is 9.16. The van der Waals surface area contributed by atoms with Crippen molar-refractivity contribution in [2.45, 2.75) is 91.5 Å². The van der Waals surface area contributed by atoms with Crippen LogP contribution in [-0.2, 0) is 9.59 Å². The van der Waals surface area contributed by atoms with Crippen molar-refractivity contribution in [3.8, 4) is 0 Å². The van der Waals surface area contributed by atoms with E-state index in [0.29, 0.717) is 17.2 Å². The number of rotatable bonds is 8. The Bertz CT molecular complexity index is 457. The predicted octanol–water partition coefficient (Wildman–Crippen LogP) is 4.18. The van der Waals surface area contributed by atoms with Gasteiger partial charge in [0.25, 0.3) is 0 Å². The van der Waals surface area contributed by atoms with Crippen LogP contribution in [0.4, 0.5) is 0 Å². The first kappa shape index (κ1) is 21.4. The summed E-state index contributed by atoms with van der Waals surface area (Å²) in [5.74, 6) is 1.08. The molecule has 0 radical (unpaired) electrons. The molecule has 1 saturated carbocycles. The van der Waals surface area contributed by atoms with Crippen molar-refractivity contribution in [2.75, 3.05) is 19.6 Å². The van der Waals surface area contributed by atoms with Crippen LogP contribution in [0.3, 0.4) is 0 Å². The van der Waals surface area contributed by atoms with Crippen LogP contribution in [0.15, 0.2) is 0 Å². The number of likely N-dealkylation sites (tertiary alicyclic amines) is 1. The number of hydrogen-bond donors (Lipinski definition) is 1. The number of hydrogen-bond acceptors (Lipinski definition) is 3. The molecule has 26 heavy (non-hydrogen) atoms. The maximum atomic E-state index is 12.4. The third-order valence-electron chi connectivity index (χ3n) is 6.88. The molecule has 2 rings (SSSR count). The minimum Gasteiger partial charge on any atom is -0.353 e. The van der Waals surface area contributed by atoms with Gasteiger partial charge in [-0.05, 0) is 83.3 Å². The Balaban J connectivity index is 1.68. The molecule has 2 aliphatic rings. The summed E-state index contributed by atoms with van der Waals surface area (Å²) in [6.45, 7) is 11.6. The number of nitrogens with zero attached hydrogens (tertiary/aromatic N) is 1. The number of carbonyl (C=O) groups excluding carboxylic acids is 2. The molecular formula is C22H40N2O2. The zero-order valence-electron chi connectivity index (χ0n) is 17.5. The van der Waals surface area contributed by atoms with Crippen molar-refractivity contribution < 1.29 is 9.59 Å². The van der Waals surface area contributed by atoms with E-state index in [0.717, 1.165) is 38.6 Å². The summed E-state index contributed by atoms with van der Waals surface area (Å²) in [7, 11) is 0. The minimum absolute atomic E-state index is 0.173. The fraction of sp³-hybridized carbons (Fsp3) is 0.909. The molecule has 1 amide bonds. The number of piperidine rings is 1. The normalized spacial score (nSPS) is 22.5. The minimum atomic E-state index is 0.173. The molecule has 1 heterocycles. The monoisotopic (exact) mass is 364 g/mol. The van der Waals surface area contributed by atoms with Gasteiger partial charge in [0.15, 0.2) is 0 Å². The van der Waals surface area contributed by atoms with Gasteiger partial charge in [0.1, 0.15) is 5.78 Å². The Morgan fingerprint density at radius 1 is 1.08 bits per heavy atom. The Hall–Kier alpha value is -0.900. The molecule has 1 unspecified atom stereocenters. The molecule has 1 aliphatic heterocycles. The van der Waals surface area contributed by atoms with Crippen molar-refractivity contribution in [2.24, 2.45) is 17.3 Å². The summed E-state index contributed by atoms with van der Waals surface area (Å²) in [6.07, 6.45) is 9.82. The highest BCUT2D eigenvalue weighted by molar-refractivity contribution is 5.80. The lowest BCUT2D eigenvalue weighted by atomic mass is 9.65. The van der Waals surface area contributed by atoms with Crippen LogP contribution in [-0.4, -0.2) is 42.3 Å². The molecule has 0 aromatic carbocycles. The largest absolute Gasteiger partial charge is 0.353 e. The van der Waals surface area contributed by atoms with Crippen LogP contribution < -0.4 is 5.32 Å². The number of carbonyl (C=O) groups is 2. The van der Waals surface area contributed by atoms with E-state index in [9.17, 15) is 9.59 Å². The van der Waals surface area contributed by atoms with Crippen LogP contribution in [0, 0.1) is 17.3 Å². The van der Waals surface area contributed by atoms with Gasteiger partial charge in [-0.25, -0.2) is 0 Å². The predicted molar refractivity (Wildman–Crippen MR) is 107 cm³/mol. The zero-order chi connectivity index (χ0) is 19.2. The molecule has 0 bridgehead atoms. The maximum absolute atomic E-state index is 12.4. The number of amides is 1. The molecule has 0 aromatic rings. The number of ketones is 1. The maximum Gasteiger partial charge on any atom is 0.223 e. The van der Waals surface area contributed by atoms with Gasteiger partial charge in [0.05, 0.1) is 0 Å². The highest BCUT2D eigenvalue weighted by Gasteiger charge is 2.39. The van der Waals surface area contributed by atoms with Crippen LogP contribution in [0.2, 0.25) is 0 Å². The molecule has 1 N–H and O–H groups in total. The molecule has 4 nitrogen and oxygen atoms in total. The Labute approximate surface area is 160 Å². The second-order valence-electron chi connectivity index (χ2n) is 9.16. The van der Waals surface area contributed by atoms with E-state index in [4.69, 9.17) is 0 Å². The molecule has 2 fully saturated rings. The summed E-state index contributed by atoms with van der Waals surface area (Å²) in [4.78, 5) is 26.7. The zero-order valence-corrected chi connectivity index (χ0v) is 17.5. The highest BCUT2D eigenvalue weighted by atomic mass is 16.2. The van der Waals surface area contributed by atoms with Crippen LogP contribution >= 0.6 is 0 Å². The van der Waals surface area contributed by atoms with E-state index in [1.807, 2.05) is 13.8 Å². The van der Waals surface area contributed by atoms with E-state index in [2.05, 4.69) is 24.1 Å². The van der Waals surface area contributed by atoms with E-state index < -0.39 is 0 Å². The van der Waals surface area contributed by atoms with Crippen LogP contribution in [0.5, 0.6) is 0 Å². The molecule has 1 spiro atoms. The van der Waals surface area contributed by atoms with Crippen molar-refractivity contribution >= 4 is 11.7 Å². The molecule has 1 aliphatic carbocycles. The summed E-state index contributed by atoms with van der Waals surface area (Å²) < 4.78 is 0. The fourth-order valence-electron chi connectivity index (χ4n) is 4.47. The molecule has 0 aromatic heterocycles. The molecule has 1 saturated heterocycles. The lowest BCUT2D eigenvalue weighted by molar-refractivity contribution is -0.128. The van der Waals surface area contributed by atoms with E-state index >= 15 is 0 Å². The standard InChI is InChI=1S/C22H40N2O2/c1-5-18(4)23-21(26)19-8-10-22(11-9-19)12-15-24(16-13-22)14-6-7-20(25)17(2)3/h17-19H,5-16H2,1-4H3,(H,23,26). The van der Waals surface area contributed by atoms with E-state index in [-0.39, 0.29) is 17.7 Å². The van der Waals surface area contributed by atoms with Gasteiger partial charge in [0, 0.05) is 24.3 Å². The first-order valence-corrected chi connectivity index (χ1v) is 10.9. The van der Waals surface area contributed by atoms with Crippen LogP contribution in [0.25, 0.3) is 0 Å². The van der Waals surface area contributed by atoms with Gasteiger partial charge in [-0.3, -0.25) is 9.59 Å². The average molecular weight is 365 g/mol. The van der Waals surface area contributed by atoms with Crippen LogP contribution in [0.1, 0.15) is 85.5 Å². The molecule has 1 atom stereocenters. The van der Waals surface area contributed by atoms with Gasteiger partial charge in [-0.1, -0.05) is 20.8 Å². The van der Waals surface area contributed by atoms with E-state index in [1.54, 1.807) is 0 Å². The topological polar surface area (TPSA) is 49.4 Å². The molecule has 150 valence electrons. The molecular weight excluding hydrogens is 324 g/mol. The molecule has 4 heteroatoms. The third-order valence-corrected chi connectivity index (χ3v) is 6.88. The van der Waals surface area contributed by atoms with Gasteiger partial charge < -0.3 is 10.2 Å². The van der Waals surface area contributed by atoms with E-state index in [1.165, 1.54) is 38.8 Å². The fourth-order valence-corrected chi connectivity index (χ4v) is 4.47. The highest BCUT2D eigenvalue weighted by Crippen LogP contribution is 2.46. The van der Waals surface area contributed by atoms with Gasteiger partial charge in [0.2, 0.25) is 5.91 Å². The summed E-state index contributed by atoms with van der Waals surface area (Å²) >= 11 is 0. The second kappa shape index (κ2) is 9.87. The Morgan fingerprint density at radius 2 is 1.69 bits per heavy atom. The van der Waals surface area contributed by atoms with Gasteiger partial charge in [-0.15, -0.1) is 0 Å². The lowest BCUT2D eigenvalue weighted by Gasteiger charge is -2.46. The SMILES string of the molecule is CCC(C)NC(=O)C1CCC2(CC1)CCN(CCCC(=O)C(C)C)CC2. The summed E-state index contributed by atoms with van der Waals surface area (Å²) in [5, 5.41) is 3.16. The Morgan fingerprint density at radius 3 is 2.23 bits per heavy atom. The average Bonchev–Trinajstić information content (AvgIpc) is 2.63.